The summed E-state index contributed by atoms with van der Waals surface area (Å²) in [6.45, 7) is 0.923. The summed E-state index contributed by atoms with van der Waals surface area (Å²) in [6.07, 6.45) is 3.31. The lowest BCUT2D eigenvalue weighted by Gasteiger charge is -2.15. The summed E-state index contributed by atoms with van der Waals surface area (Å²) in [7, 11) is 0. The summed E-state index contributed by atoms with van der Waals surface area (Å²) in [5.41, 5.74) is 2.77. The largest absolute Gasteiger partial charge is 0.593 e. The molecule has 0 saturated carbocycles. The number of nitrogens with zero attached hydrogens (tertiary/aromatic N) is 1. The summed E-state index contributed by atoms with van der Waals surface area (Å²) >= 11 is -1.34. The molecule has 138 valence electrons. The number of benzene rings is 2. The van der Waals surface area contributed by atoms with Crippen molar-refractivity contribution in [1.82, 2.24) is 15.0 Å². The molecule has 1 unspecified atom stereocenters. The van der Waals surface area contributed by atoms with Crippen molar-refractivity contribution in [1.29, 1.82) is 5.41 Å². The third-order valence-electron chi connectivity index (χ3n) is 3.78. The van der Waals surface area contributed by atoms with Gasteiger partial charge in [0, 0.05) is 30.2 Å². The minimum atomic E-state index is -1.34. The van der Waals surface area contributed by atoms with Crippen LogP contribution in [0.3, 0.4) is 0 Å². The van der Waals surface area contributed by atoms with Crippen LogP contribution >= 0.6 is 0 Å². The standard InChI is InChI=1S/C20H21N5OS/c21-20(25-17-10-12-22-13-11-17)23-14-15-24-27(26)19-9-5-4-8-18(19)16-6-2-1-3-7-16/h1-13,24H,14-15H2,(H3,21,22,23,25). The average molecular weight is 379 g/mol. The molecular weight excluding hydrogens is 358 g/mol. The predicted molar refractivity (Wildman–Crippen MR) is 110 cm³/mol. The number of anilines is 1. The van der Waals surface area contributed by atoms with Crippen molar-refractivity contribution in [2.45, 2.75) is 4.90 Å². The molecule has 4 N–H and O–H groups in total. The fourth-order valence-corrected chi connectivity index (χ4v) is 3.55. The second-order valence-electron chi connectivity index (χ2n) is 5.69. The number of guanidine groups is 1. The number of hydrogen-bond donors (Lipinski definition) is 4. The molecule has 6 nitrogen and oxygen atoms in total. The first kappa shape index (κ1) is 18.9. The van der Waals surface area contributed by atoms with E-state index >= 15 is 0 Å². The third-order valence-corrected chi connectivity index (χ3v) is 5.00. The van der Waals surface area contributed by atoms with Crippen LogP contribution < -0.4 is 15.4 Å². The SMILES string of the molecule is N=C(NCCN[S+]([O-])c1ccccc1-c1ccccc1)Nc1ccncc1. The summed E-state index contributed by atoms with van der Waals surface area (Å²) < 4.78 is 15.7. The Morgan fingerprint density at radius 1 is 0.926 bits per heavy atom. The molecule has 3 rings (SSSR count). The highest BCUT2D eigenvalue weighted by Crippen LogP contribution is 2.26. The van der Waals surface area contributed by atoms with Crippen molar-refractivity contribution < 1.29 is 4.55 Å². The molecule has 0 radical (unpaired) electrons. The molecule has 1 atom stereocenters. The van der Waals surface area contributed by atoms with Crippen LogP contribution in [0.5, 0.6) is 0 Å². The van der Waals surface area contributed by atoms with Gasteiger partial charge < -0.3 is 15.2 Å². The Hall–Kier alpha value is -2.87. The normalized spacial score (nSPS) is 11.6. The van der Waals surface area contributed by atoms with E-state index in [0.29, 0.717) is 13.1 Å². The molecule has 3 aromatic rings. The predicted octanol–water partition coefficient (Wildman–Crippen LogP) is 3.00. The van der Waals surface area contributed by atoms with Gasteiger partial charge in [-0.3, -0.25) is 10.4 Å². The molecule has 27 heavy (non-hydrogen) atoms. The summed E-state index contributed by atoms with van der Waals surface area (Å²) in [5.74, 6) is 0.179. The van der Waals surface area contributed by atoms with Crippen LogP contribution in [0.15, 0.2) is 84.0 Å². The zero-order chi connectivity index (χ0) is 18.9. The Labute approximate surface area is 161 Å². The number of pyridine rings is 1. The molecule has 2 aromatic carbocycles. The van der Waals surface area contributed by atoms with Crippen LogP contribution in [0.2, 0.25) is 0 Å². The van der Waals surface area contributed by atoms with Gasteiger partial charge in [0.2, 0.25) is 0 Å². The van der Waals surface area contributed by atoms with Crippen LogP contribution in [0, 0.1) is 5.41 Å². The van der Waals surface area contributed by atoms with Crippen LogP contribution in [-0.4, -0.2) is 28.6 Å². The quantitative estimate of drug-likeness (QED) is 0.219. The number of nitrogens with one attached hydrogen (secondary N) is 4. The Kier molecular flexibility index (Phi) is 6.81. The van der Waals surface area contributed by atoms with Gasteiger partial charge in [-0.25, -0.2) is 0 Å². The summed E-state index contributed by atoms with van der Waals surface area (Å²) in [5, 5.41) is 13.7. The van der Waals surface area contributed by atoms with E-state index < -0.39 is 11.4 Å². The molecule has 0 spiro atoms. The molecule has 0 aliphatic heterocycles. The fourth-order valence-electron chi connectivity index (χ4n) is 2.52. The van der Waals surface area contributed by atoms with Crippen molar-refractivity contribution in [3.8, 4) is 11.1 Å². The maximum absolute atomic E-state index is 12.7. The van der Waals surface area contributed by atoms with Crippen LogP contribution in [-0.2, 0) is 11.4 Å². The Bertz CT molecular complexity index is 861. The Morgan fingerprint density at radius 3 is 2.41 bits per heavy atom. The van der Waals surface area contributed by atoms with Crippen molar-refractivity contribution in [3.05, 3.63) is 79.1 Å². The highest BCUT2D eigenvalue weighted by atomic mass is 32.2. The van der Waals surface area contributed by atoms with Gasteiger partial charge in [-0.1, -0.05) is 42.5 Å². The molecule has 0 aliphatic carbocycles. The minimum absolute atomic E-state index is 0.179. The van der Waals surface area contributed by atoms with Crippen molar-refractivity contribution in [2.75, 3.05) is 18.4 Å². The number of rotatable bonds is 7. The topological polar surface area (TPSA) is 95.9 Å². The van der Waals surface area contributed by atoms with E-state index in [1.54, 1.807) is 24.5 Å². The average Bonchev–Trinajstić information content (AvgIpc) is 2.72. The second-order valence-corrected chi connectivity index (χ2v) is 6.95. The Morgan fingerprint density at radius 2 is 1.63 bits per heavy atom. The maximum Gasteiger partial charge on any atom is 0.192 e. The molecule has 7 heteroatoms. The van der Waals surface area contributed by atoms with Crippen molar-refractivity contribution in [2.24, 2.45) is 0 Å². The van der Waals surface area contributed by atoms with Gasteiger partial charge in [-0.2, -0.15) is 0 Å². The third kappa shape index (κ3) is 5.55. The van der Waals surface area contributed by atoms with Crippen LogP contribution in [0.25, 0.3) is 11.1 Å². The fraction of sp³-hybridized carbons (Fsp3) is 0.100. The lowest BCUT2D eigenvalue weighted by atomic mass is 10.1. The zero-order valence-corrected chi connectivity index (χ0v) is 15.5. The number of hydrogen-bond acceptors (Lipinski definition) is 4. The minimum Gasteiger partial charge on any atom is -0.593 e. The van der Waals surface area contributed by atoms with E-state index in [0.717, 1.165) is 21.7 Å². The van der Waals surface area contributed by atoms with Gasteiger partial charge in [-0.05, 0) is 29.8 Å². The van der Waals surface area contributed by atoms with Crippen LogP contribution in [0.4, 0.5) is 5.69 Å². The molecule has 0 aliphatic rings. The molecule has 1 aromatic heterocycles. The molecule has 0 bridgehead atoms. The maximum atomic E-state index is 12.7. The Balaban J connectivity index is 1.50. The first-order valence-corrected chi connectivity index (χ1v) is 9.68. The molecule has 0 saturated heterocycles. The monoisotopic (exact) mass is 379 g/mol. The number of aromatic nitrogens is 1. The lowest BCUT2D eigenvalue weighted by molar-refractivity contribution is 0.580. The van der Waals surface area contributed by atoms with E-state index in [4.69, 9.17) is 5.41 Å². The molecule has 0 fully saturated rings. The van der Waals surface area contributed by atoms with Crippen molar-refractivity contribution in [3.63, 3.8) is 0 Å². The summed E-state index contributed by atoms with van der Waals surface area (Å²) in [4.78, 5) is 4.67. The van der Waals surface area contributed by atoms with Gasteiger partial charge in [0.05, 0.1) is 17.9 Å². The molecule has 0 amide bonds. The lowest BCUT2D eigenvalue weighted by Crippen LogP contribution is -2.37. The van der Waals surface area contributed by atoms with Crippen LogP contribution in [0.1, 0.15) is 0 Å². The molecule has 1 heterocycles. The van der Waals surface area contributed by atoms with E-state index in [-0.39, 0.29) is 5.96 Å². The van der Waals surface area contributed by atoms with E-state index in [2.05, 4.69) is 20.3 Å². The van der Waals surface area contributed by atoms with Gasteiger partial charge in [-0.15, -0.1) is 4.72 Å². The van der Waals surface area contributed by atoms with E-state index in [9.17, 15) is 4.55 Å². The van der Waals surface area contributed by atoms with Crippen molar-refractivity contribution >= 4 is 23.0 Å². The highest BCUT2D eigenvalue weighted by molar-refractivity contribution is 7.89. The zero-order valence-electron chi connectivity index (χ0n) is 14.7. The first-order valence-electron chi connectivity index (χ1n) is 8.53. The smallest absolute Gasteiger partial charge is 0.192 e. The van der Waals surface area contributed by atoms with Gasteiger partial charge in [0.1, 0.15) is 0 Å². The van der Waals surface area contributed by atoms with E-state index in [1.165, 1.54) is 0 Å². The highest BCUT2D eigenvalue weighted by Gasteiger charge is 2.16. The first-order chi connectivity index (χ1) is 13.2. The van der Waals surface area contributed by atoms with E-state index in [1.807, 2.05) is 54.6 Å². The van der Waals surface area contributed by atoms with Gasteiger partial charge in [0.25, 0.3) is 0 Å². The van der Waals surface area contributed by atoms with Gasteiger partial charge in [0.15, 0.2) is 10.9 Å². The molecular formula is C20H21N5OS. The second kappa shape index (κ2) is 9.72. The summed E-state index contributed by atoms with van der Waals surface area (Å²) in [6, 6.07) is 21.1. The van der Waals surface area contributed by atoms with Gasteiger partial charge >= 0.3 is 0 Å².